The normalized spacial score (nSPS) is 18.5. The third kappa shape index (κ3) is 9.32. The van der Waals surface area contributed by atoms with Crippen LogP contribution in [0.2, 0.25) is 0 Å². The fourth-order valence-corrected chi connectivity index (χ4v) is 5.59. The van der Waals surface area contributed by atoms with Crippen molar-refractivity contribution >= 4 is 24.2 Å². The molecule has 2 aromatic carbocycles. The second-order valence-electron chi connectivity index (χ2n) is 11.0. The summed E-state index contributed by atoms with van der Waals surface area (Å²) in [7, 11) is 3.07. The number of nitrogens with zero attached hydrogens (tertiary/aromatic N) is 1. The fraction of sp³-hybridized carbons (Fsp3) is 0.545. The molecule has 1 spiro atoms. The number of ether oxygens (including phenoxy) is 1. The number of amides is 1. The molecule has 2 atom stereocenters. The Kier molecular flexibility index (Phi) is 14.0. The van der Waals surface area contributed by atoms with Crippen LogP contribution in [0, 0.1) is 12.8 Å². The first-order valence-corrected chi connectivity index (χ1v) is 15.0. The number of aryl methyl sites for hydroxylation is 2. The number of carbonyl (C=O) groups excluding carboxylic acids is 1. The van der Waals surface area contributed by atoms with Crippen LogP contribution < -0.4 is 15.4 Å². The van der Waals surface area contributed by atoms with Crippen LogP contribution in [0.25, 0.3) is 0 Å². The van der Waals surface area contributed by atoms with Crippen molar-refractivity contribution in [3.05, 3.63) is 70.8 Å². The van der Waals surface area contributed by atoms with Gasteiger partial charge < -0.3 is 20.5 Å². The van der Waals surface area contributed by atoms with Crippen LogP contribution in [-0.2, 0) is 11.8 Å². The summed E-state index contributed by atoms with van der Waals surface area (Å²) in [6, 6.07) is 12.3. The zero-order valence-electron chi connectivity index (χ0n) is 24.7. The van der Waals surface area contributed by atoms with Crippen molar-refractivity contribution in [2.24, 2.45) is 11.7 Å². The van der Waals surface area contributed by atoms with Crippen LogP contribution >= 0.6 is 12.6 Å². The SMILES string of the molecule is CCCCC/C=C/C[C@H](C)CS.CO.Cc1ccc2c(c1)CCC[C@]21COc2ccc(C(N)=O)cc2N(C)C1. The number of likely N-dealkylation sites (N-methyl/N-ethyl adjacent to an activating group) is 1. The highest BCUT2D eigenvalue weighted by atomic mass is 32.1. The smallest absolute Gasteiger partial charge is 0.248 e. The lowest BCUT2D eigenvalue weighted by Crippen LogP contribution is -2.44. The van der Waals surface area contributed by atoms with Crippen molar-refractivity contribution in [1.29, 1.82) is 0 Å². The number of hydrogen-bond donors (Lipinski definition) is 3. The lowest BCUT2D eigenvalue weighted by Gasteiger charge is -2.40. The first kappa shape index (κ1) is 32.8. The maximum atomic E-state index is 11.5. The van der Waals surface area contributed by atoms with Crippen molar-refractivity contribution in [1.82, 2.24) is 0 Å². The highest BCUT2D eigenvalue weighted by Crippen LogP contribution is 2.43. The Labute approximate surface area is 242 Å². The van der Waals surface area contributed by atoms with Crippen molar-refractivity contribution in [3.8, 4) is 5.75 Å². The first-order valence-electron chi connectivity index (χ1n) is 14.4. The summed E-state index contributed by atoms with van der Waals surface area (Å²) < 4.78 is 6.24. The molecule has 2 aromatic rings. The molecular weight excluding hydrogens is 504 g/mol. The van der Waals surface area contributed by atoms with Gasteiger partial charge in [-0.1, -0.05) is 62.6 Å². The highest BCUT2D eigenvalue weighted by molar-refractivity contribution is 7.80. The molecule has 3 N–H and O–H groups in total. The van der Waals surface area contributed by atoms with E-state index in [9.17, 15) is 4.79 Å². The van der Waals surface area contributed by atoms with E-state index in [0.717, 1.165) is 49.6 Å². The van der Waals surface area contributed by atoms with E-state index >= 15 is 0 Å². The molecule has 1 aliphatic carbocycles. The van der Waals surface area contributed by atoms with Gasteiger partial charge in [0.05, 0.1) is 12.3 Å². The highest BCUT2D eigenvalue weighted by Gasteiger charge is 2.40. The Morgan fingerprint density at radius 3 is 2.67 bits per heavy atom. The Balaban J connectivity index is 0.000000325. The van der Waals surface area contributed by atoms with Gasteiger partial charge in [-0.05, 0) is 86.4 Å². The minimum atomic E-state index is -0.409. The van der Waals surface area contributed by atoms with E-state index in [2.05, 4.69) is 75.7 Å². The van der Waals surface area contributed by atoms with Crippen LogP contribution in [0.3, 0.4) is 0 Å². The predicted octanol–water partition coefficient (Wildman–Crippen LogP) is 6.88. The number of nitrogens with two attached hydrogens (primary N) is 1. The number of unbranched alkanes of at least 4 members (excludes halogenated alkanes) is 3. The Morgan fingerprint density at radius 2 is 1.97 bits per heavy atom. The number of primary amides is 1. The third-order valence-corrected chi connectivity index (χ3v) is 8.25. The minimum Gasteiger partial charge on any atom is -0.490 e. The summed E-state index contributed by atoms with van der Waals surface area (Å²) in [4.78, 5) is 13.7. The molecule has 5 nitrogen and oxygen atoms in total. The number of benzene rings is 2. The molecule has 0 aromatic heterocycles. The molecule has 0 unspecified atom stereocenters. The van der Waals surface area contributed by atoms with Gasteiger partial charge in [-0.2, -0.15) is 12.6 Å². The van der Waals surface area contributed by atoms with E-state index in [0.29, 0.717) is 12.2 Å². The molecule has 2 aliphatic rings. The molecule has 0 radical (unpaired) electrons. The van der Waals surface area contributed by atoms with E-state index in [-0.39, 0.29) is 5.41 Å². The number of carbonyl (C=O) groups is 1. The summed E-state index contributed by atoms with van der Waals surface area (Å²) >= 11 is 4.24. The molecule has 39 heavy (non-hydrogen) atoms. The van der Waals surface area contributed by atoms with Gasteiger partial charge >= 0.3 is 0 Å². The molecule has 4 rings (SSSR count). The molecule has 0 saturated heterocycles. The maximum absolute atomic E-state index is 11.5. The van der Waals surface area contributed by atoms with Gasteiger partial charge in [0.15, 0.2) is 0 Å². The fourth-order valence-electron chi connectivity index (χ4n) is 5.44. The quantitative estimate of drug-likeness (QED) is 0.189. The van der Waals surface area contributed by atoms with Crippen LogP contribution in [0.5, 0.6) is 5.75 Å². The Hall–Kier alpha value is -2.44. The van der Waals surface area contributed by atoms with E-state index in [1.165, 1.54) is 55.2 Å². The summed E-state index contributed by atoms with van der Waals surface area (Å²) in [6.07, 6.45) is 14.5. The number of aliphatic hydroxyl groups excluding tert-OH is 1. The summed E-state index contributed by atoms with van der Waals surface area (Å²) in [5, 5.41) is 7.00. The largest absolute Gasteiger partial charge is 0.490 e. The number of aliphatic hydroxyl groups is 1. The number of anilines is 1. The number of fused-ring (bicyclic) bond motifs is 3. The van der Waals surface area contributed by atoms with Gasteiger partial charge in [0.2, 0.25) is 5.91 Å². The molecule has 1 aliphatic heterocycles. The zero-order chi connectivity index (χ0) is 28.8. The molecule has 0 saturated carbocycles. The second kappa shape index (κ2) is 16.6. The van der Waals surface area contributed by atoms with E-state index in [1.807, 2.05) is 12.1 Å². The lowest BCUT2D eigenvalue weighted by atomic mass is 9.70. The first-order chi connectivity index (χ1) is 18.8. The number of rotatable bonds is 8. The van der Waals surface area contributed by atoms with Crippen molar-refractivity contribution in [2.45, 2.75) is 77.6 Å². The van der Waals surface area contributed by atoms with Gasteiger partial charge in [0, 0.05) is 31.7 Å². The van der Waals surface area contributed by atoms with Crippen LogP contribution in [0.15, 0.2) is 48.6 Å². The number of allylic oxidation sites excluding steroid dienone is 2. The average Bonchev–Trinajstić information content (AvgIpc) is 3.08. The number of hydrogen-bond acceptors (Lipinski definition) is 5. The van der Waals surface area contributed by atoms with Crippen LogP contribution in [0.4, 0.5) is 5.69 Å². The minimum absolute atomic E-state index is 0.0120. The zero-order valence-corrected chi connectivity index (χ0v) is 25.6. The van der Waals surface area contributed by atoms with Crippen LogP contribution in [-0.4, -0.2) is 44.1 Å². The Morgan fingerprint density at radius 1 is 1.21 bits per heavy atom. The Bertz CT molecular complexity index is 1070. The average molecular weight is 555 g/mol. The monoisotopic (exact) mass is 554 g/mol. The van der Waals surface area contributed by atoms with Crippen LogP contribution in [0.1, 0.15) is 85.8 Å². The molecule has 1 amide bonds. The van der Waals surface area contributed by atoms with Gasteiger partial charge in [0.1, 0.15) is 5.75 Å². The van der Waals surface area contributed by atoms with E-state index < -0.39 is 5.91 Å². The van der Waals surface area contributed by atoms with Crippen molar-refractivity contribution < 1.29 is 14.6 Å². The molecule has 0 fully saturated rings. The summed E-state index contributed by atoms with van der Waals surface area (Å²) in [5.41, 5.74) is 11.1. The van der Waals surface area contributed by atoms with E-state index in [1.54, 1.807) is 6.07 Å². The molecule has 0 bridgehead atoms. The maximum Gasteiger partial charge on any atom is 0.248 e. The van der Waals surface area contributed by atoms with Crippen molar-refractivity contribution in [3.63, 3.8) is 0 Å². The molecule has 6 heteroatoms. The van der Waals surface area contributed by atoms with Gasteiger partial charge in [-0.25, -0.2) is 0 Å². The topological polar surface area (TPSA) is 75.8 Å². The summed E-state index contributed by atoms with van der Waals surface area (Å²) in [6.45, 7) is 8.17. The van der Waals surface area contributed by atoms with E-state index in [4.69, 9.17) is 15.6 Å². The summed E-state index contributed by atoms with van der Waals surface area (Å²) in [5.74, 6) is 2.15. The second-order valence-corrected chi connectivity index (χ2v) is 11.3. The predicted molar refractivity (Wildman–Crippen MR) is 169 cm³/mol. The standard InChI is InChI=1S/C21H24N2O2.C11H22S.CH4O/c1-14-5-7-17-15(10-14)4-3-9-21(17)12-23(2)18-11-16(20(22)24)6-8-19(18)25-13-21;1-3-4-5-6-7-8-9-11(2)10-12;1-2/h5-8,10-11H,3-4,9,12-13H2,1-2H3,(H2,22,24);7-8,11-12H,3-6,9-10H2,1-2H3;2H,1H3/b;8-7+;/t21-;11-;/m00./s1. The lowest BCUT2D eigenvalue weighted by molar-refractivity contribution is 0.1000. The number of thiol groups is 1. The van der Waals surface area contributed by atoms with Crippen molar-refractivity contribution in [2.75, 3.05) is 38.0 Å². The van der Waals surface area contributed by atoms with Gasteiger partial charge in [-0.3, -0.25) is 4.79 Å². The molecular formula is C33H50N2O3S. The third-order valence-electron chi connectivity index (χ3n) is 7.62. The van der Waals surface area contributed by atoms with Gasteiger partial charge in [-0.15, -0.1) is 0 Å². The van der Waals surface area contributed by atoms with Gasteiger partial charge in [0.25, 0.3) is 0 Å². The molecule has 216 valence electrons. The molecule has 1 heterocycles.